The van der Waals surface area contributed by atoms with Gasteiger partial charge in [0.25, 0.3) is 0 Å². The van der Waals surface area contributed by atoms with Gasteiger partial charge in [0.1, 0.15) is 11.0 Å². The van der Waals surface area contributed by atoms with Crippen molar-refractivity contribution in [3.63, 3.8) is 0 Å². The number of hydrogen-bond acceptors (Lipinski definition) is 6. The van der Waals surface area contributed by atoms with Crippen LogP contribution in [0.1, 0.15) is 11.3 Å². The molecular formula is C22H14ClFN5O-. The zero-order valence-electron chi connectivity index (χ0n) is 15.4. The molecule has 0 atom stereocenters. The fraction of sp³-hybridized carbons (Fsp3) is 0. The lowest BCUT2D eigenvalue weighted by Gasteiger charge is -2.20. The molecule has 8 heteroatoms. The van der Waals surface area contributed by atoms with Crippen LogP contribution in [0.15, 0.2) is 78.7 Å². The molecule has 2 aromatic heterocycles. The highest BCUT2D eigenvalue weighted by molar-refractivity contribution is 6.29. The van der Waals surface area contributed by atoms with Crippen LogP contribution >= 0.6 is 11.6 Å². The predicted molar refractivity (Wildman–Crippen MR) is 113 cm³/mol. The Balaban J connectivity index is 1.66. The number of nitrogens with one attached hydrogen (secondary N) is 2. The summed E-state index contributed by atoms with van der Waals surface area (Å²) in [7, 11) is 0. The fourth-order valence-electron chi connectivity index (χ4n) is 2.81. The quantitative estimate of drug-likeness (QED) is 0.490. The molecule has 2 N–H and O–H groups in total. The van der Waals surface area contributed by atoms with Crippen molar-refractivity contribution in [1.29, 1.82) is 5.41 Å². The molecule has 0 saturated heterocycles. The maximum Gasteiger partial charge on any atom is 0.227 e. The molecule has 1 aromatic carbocycles. The Morgan fingerprint density at radius 1 is 1.03 bits per heavy atom. The number of rotatable bonds is 4. The second-order valence-corrected chi connectivity index (χ2v) is 6.74. The average Bonchev–Trinajstić information content (AvgIpc) is 2.76. The number of benzene rings is 1. The Hall–Kier alpha value is -3.84. The van der Waals surface area contributed by atoms with Crippen LogP contribution in [0.3, 0.4) is 0 Å². The molecule has 0 spiro atoms. The minimum atomic E-state index is -0.428. The van der Waals surface area contributed by atoms with Crippen LogP contribution < -0.4 is 10.4 Å². The number of pyridine rings is 1. The van der Waals surface area contributed by atoms with Gasteiger partial charge in [-0.3, -0.25) is 0 Å². The molecule has 148 valence electrons. The fourth-order valence-corrected chi connectivity index (χ4v) is 2.92. The van der Waals surface area contributed by atoms with Crippen molar-refractivity contribution in [2.75, 3.05) is 5.32 Å². The number of hydrogen-bond donors (Lipinski definition) is 2. The highest BCUT2D eigenvalue weighted by Gasteiger charge is 2.12. The van der Waals surface area contributed by atoms with E-state index < -0.39 is 5.82 Å². The van der Waals surface area contributed by atoms with Crippen LogP contribution in [0.2, 0.25) is 5.15 Å². The van der Waals surface area contributed by atoms with E-state index in [1.807, 2.05) is 0 Å². The van der Waals surface area contributed by atoms with Gasteiger partial charge in [0.05, 0.1) is 23.3 Å². The van der Waals surface area contributed by atoms with Gasteiger partial charge >= 0.3 is 0 Å². The summed E-state index contributed by atoms with van der Waals surface area (Å²) in [5.41, 5.74) is 2.48. The Kier molecular flexibility index (Phi) is 5.36. The van der Waals surface area contributed by atoms with E-state index in [0.717, 1.165) is 0 Å². The molecule has 2 heterocycles. The van der Waals surface area contributed by atoms with Crippen molar-refractivity contribution in [3.05, 3.63) is 101 Å². The van der Waals surface area contributed by atoms with Gasteiger partial charge in [0, 0.05) is 11.8 Å². The third-order valence-corrected chi connectivity index (χ3v) is 4.53. The lowest BCUT2D eigenvalue weighted by Crippen LogP contribution is -2.12. The standard InChI is InChI=1S/C22H15ClFN5O/c23-20-8-6-16(12-27-20)28-22-26-10-9-19(29-22)14-3-7-18(25)17(11-14)21(30)13-1-4-15(24)5-2-13/h1-12,25,30H,(H,26,28,29)/p-1/b21-17-,25-18?. The molecule has 1 aliphatic rings. The zero-order valence-corrected chi connectivity index (χ0v) is 16.2. The van der Waals surface area contributed by atoms with Crippen molar-refractivity contribution < 1.29 is 9.50 Å². The number of anilines is 2. The molecule has 0 fully saturated rings. The Morgan fingerprint density at radius 2 is 1.83 bits per heavy atom. The summed E-state index contributed by atoms with van der Waals surface area (Å²) in [6.45, 7) is 0. The summed E-state index contributed by atoms with van der Waals surface area (Å²) in [6.07, 6.45) is 7.99. The van der Waals surface area contributed by atoms with Gasteiger partial charge in [-0.2, -0.15) is 0 Å². The molecule has 1 aliphatic carbocycles. The van der Waals surface area contributed by atoms with E-state index in [2.05, 4.69) is 20.3 Å². The summed E-state index contributed by atoms with van der Waals surface area (Å²) < 4.78 is 13.2. The van der Waals surface area contributed by atoms with Crippen LogP contribution in [0.4, 0.5) is 16.0 Å². The Morgan fingerprint density at radius 3 is 2.57 bits per heavy atom. The van der Waals surface area contributed by atoms with Crippen LogP contribution in [-0.4, -0.2) is 20.7 Å². The van der Waals surface area contributed by atoms with Crippen molar-refractivity contribution in [2.24, 2.45) is 0 Å². The summed E-state index contributed by atoms with van der Waals surface area (Å²) in [6, 6.07) is 10.3. The number of nitrogens with zero attached hydrogens (tertiary/aromatic N) is 3. The molecule has 4 rings (SSSR count). The average molecular weight is 419 g/mol. The zero-order chi connectivity index (χ0) is 21.1. The van der Waals surface area contributed by atoms with E-state index in [-0.39, 0.29) is 17.0 Å². The maximum atomic E-state index is 13.2. The first-order valence-corrected chi connectivity index (χ1v) is 9.25. The molecule has 6 nitrogen and oxygen atoms in total. The predicted octanol–water partition coefficient (Wildman–Crippen LogP) is 4.15. The Labute approximate surface area is 176 Å². The third-order valence-electron chi connectivity index (χ3n) is 4.31. The highest BCUT2D eigenvalue weighted by Crippen LogP contribution is 2.26. The largest absolute Gasteiger partial charge is 0.872 e. The number of aromatic nitrogens is 3. The van der Waals surface area contributed by atoms with Crippen molar-refractivity contribution in [1.82, 2.24) is 15.0 Å². The summed E-state index contributed by atoms with van der Waals surface area (Å²) in [5, 5.41) is 24.3. The van der Waals surface area contributed by atoms with E-state index >= 15 is 0 Å². The van der Waals surface area contributed by atoms with Crippen LogP contribution in [0.5, 0.6) is 0 Å². The topological polar surface area (TPSA) is 97.6 Å². The van der Waals surface area contributed by atoms with Gasteiger partial charge in [-0.15, -0.1) is 0 Å². The van der Waals surface area contributed by atoms with Crippen LogP contribution in [0, 0.1) is 11.2 Å². The van der Waals surface area contributed by atoms with Gasteiger partial charge in [-0.1, -0.05) is 35.6 Å². The number of halogens is 2. The lowest BCUT2D eigenvalue weighted by atomic mass is 9.95. The van der Waals surface area contributed by atoms with Gasteiger partial charge in [-0.25, -0.2) is 19.3 Å². The summed E-state index contributed by atoms with van der Waals surface area (Å²) in [4.78, 5) is 12.7. The lowest BCUT2D eigenvalue weighted by molar-refractivity contribution is -0.244. The maximum absolute atomic E-state index is 13.2. The van der Waals surface area contributed by atoms with Gasteiger partial charge < -0.3 is 15.8 Å². The van der Waals surface area contributed by atoms with Crippen LogP contribution in [-0.2, 0) is 0 Å². The van der Waals surface area contributed by atoms with E-state index in [1.165, 1.54) is 30.3 Å². The van der Waals surface area contributed by atoms with Crippen molar-refractivity contribution >= 4 is 40.3 Å². The summed E-state index contributed by atoms with van der Waals surface area (Å²) in [5.74, 6) is -0.442. The monoisotopic (exact) mass is 418 g/mol. The SMILES string of the molecule is N=C1C=CC(c2ccnc(Nc3ccc(Cl)nc3)n2)=C/C1=C(/[O-])c1ccc(F)cc1. The first-order chi connectivity index (χ1) is 14.5. The molecular weight excluding hydrogens is 405 g/mol. The Bertz CT molecular complexity index is 1200. The second-order valence-electron chi connectivity index (χ2n) is 6.36. The molecule has 3 aromatic rings. The molecule has 0 aliphatic heterocycles. The third kappa shape index (κ3) is 4.26. The second kappa shape index (κ2) is 8.26. The number of allylic oxidation sites excluding steroid dienone is 5. The molecule has 0 bridgehead atoms. The van der Waals surface area contributed by atoms with E-state index in [4.69, 9.17) is 17.0 Å². The molecule has 0 saturated carbocycles. The normalized spacial score (nSPS) is 15.0. The van der Waals surface area contributed by atoms with Gasteiger partial charge in [0.15, 0.2) is 0 Å². The molecule has 30 heavy (non-hydrogen) atoms. The smallest absolute Gasteiger partial charge is 0.227 e. The van der Waals surface area contributed by atoms with E-state index in [9.17, 15) is 9.50 Å². The first-order valence-electron chi connectivity index (χ1n) is 8.87. The van der Waals surface area contributed by atoms with Gasteiger partial charge in [-0.05, 0) is 53.6 Å². The van der Waals surface area contributed by atoms with E-state index in [0.29, 0.717) is 33.6 Å². The minimum Gasteiger partial charge on any atom is -0.872 e. The molecule has 0 unspecified atom stereocenters. The molecule has 0 radical (unpaired) electrons. The minimum absolute atomic E-state index is 0.0766. The van der Waals surface area contributed by atoms with Gasteiger partial charge in [0.2, 0.25) is 5.95 Å². The van der Waals surface area contributed by atoms with Crippen LogP contribution in [0.25, 0.3) is 11.3 Å². The summed E-state index contributed by atoms with van der Waals surface area (Å²) >= 11 is 5.79. The highest BCUT2D eigenvalue weighted by atomic mass is 35.5. The van der Waals surface area contributed by atoms with Crippen molar-refractivity contribution in [3.8, 4) is 0 Å². The van der Waals surface area contributed by atoms with Crippen molar-refractivity contribution in [2.45, 2.75) is 0 Å². The first kappa shape index (κ1) is 19.5. The van der Waals surface area contributed by atoms with E-state index in [1.54, 1.807) is 42.7 Å². The molecule has 0 amide bonds.